The summed E-state index contributed by atoms with van der Waals surface area (Å²) in [6.07, 6.45) is 9.32. The molecular weight excluding hydrogens is 760 g/mol. The number of aromatic nitrogens is 1. The summed E-state index contributed by atoms with van der Waals surface area (Å²) in [5.41, 5.74) is 13.8. The molecule has 0 radical (unpaired) electrons. The smallest absolute Gasteiger partial charge is 0.303 e. The molecule has 9 nitrogen and oxygen atoms in total. The number of aliphatic hydroxyl groups is 1. The van der Waals surface area contributed by atoms with Crippen molar-refractivity contribution in [2.75, 3.05) is 25.5 Å². The van der Waals surface area contributed by atoms with Crippen LogP contribution in [-0.4, -0.2) is 58.3 Å². The van der Waals surface area contributed by atoms with E-state index in [1.165, 1.54) is 38.9 Å². The monoisotopic (exact) mass is 814 g/mol. The Balaban J connectivity index is 0.995. The van der Waals surface area contributed by atoms with E-state index in [1.54, 1.807) is 12.4 Å². The number of anilines is 1. The summed E-state index contributed by atoms with van der Waals surface area (Å²) >= 11 is 6.91. The molecule has 4 atom stereocenters. The number of aryl methyl sites for hydroxylation is 1. The van der Waals surface area contributed by atoms with Gasteiger partial charge in [0.1, 0.15) is 24.7 Å². The highest BCUT2D eigenvalue weighted by atomic mass is 35.5. The Hall–Kier alpha value is -4.93. The fraction of sp³-hybridized carbons (Fsp3) is 0.388. The lowest BCUT2D eigenvalue weighted by molar-refractivity contribution is -0.138. The Morgan fingerprint density at radius 1 is 0.881 bits per heavy atom. The maximum atomic E-state index is 11.3. The van der Waals surface area contributed by atoms with Crippen LogP contribution in [0.5, 0.6) is 11.5 Å². The first-order valence-electron chi connectivity index (χ1n) is 21.0. The van der Waals surface area contributed by atoms with Crippen molar-refractivity contribution in [3.8, 4) is 33.8 Å². The zero-order valence-electron chi connectivity index (χ0n) is 34.3. The second-order valence-corrected chi connectivity index (χ2v) is 17.0. The molecule has 5 aromatic rings. The first-order valence-corrected chi connectivity index (χ1v) is 21.4. The minimum Gasteiger partial charge on any atom is -0.488 e. The van der Waals surface area contributed by atoms with Crippen molar-refractivity contribution >= 4 is 23.3 Å². The van der Waals surface area contributed by atoms with Gasteiger partial charge in [0.25, 0.3) is 0 Å². The standard InChI is InChI=1S/C49H55ClN4O5/c1-30-36(29-59-48-23-47(58-28-33-19-38(51-3)26-52-24-33)37(22-43(48)50)25-53-44-11-6-12-46(44)55)7-4-9-40(30)41-10-5-8-39(31(41)2)34-13-15-42-35(21-34)14-16-45(42)54-18-17-32(27-54)20-49(56)57/h4-5,7-10,13,15,19,21-24,26,32,44-46,51,53,55H,6,11-12,14,16-18,20,25,27-29H2,1-3H3,(H,56,57)/t32-,44-,45?,46+/m1/s1. The molecule has 308 valence electrons. The normalized spacial score (nSPS) is 20.2. The van der Waals surface area contributed by atoms with Gasteiger partial charge in [-0.05, 0) is 127 Å². The summed E-state index contributed by atoms with van der Waals surface area (Å²) in [5, 5.41) is 26.9. The highest BCUT2D eigenvalue weighted by molar-refractivity contribution is 6.32. The Morgan fingerprint density at radius 2 is 1.68 bits per heavy atom. The number of halogens is 1. The Morgan fingerprint density at radius 3 is 2.47 bits per heavy atom. The van der Waals surface area contributed by atoms with E-state index >= 15 is 0 Å². The lowest BCUT2D eigenvalue weighted by atomic mass is 9.89. The molecule has 0 amide bonds. The summed E-state index contributed by atoms with van der Waals surface area (Å²) in [4.78, 5) is 18.2. The number of aliphatic hydroxyl groups excluding tert-OH is 1. The van der Waals surface area contributed by atoms with Gasteiger partial charge < -0.3 is 30.3 Å². The van der Waals surface area contributed by atoms with E-state index in [0.29, 0.717) is 42.3 Å². The Bertz CT molecular complexity index is 2320. The van der Waals surface area contributed by atoms with Gasteiger partial charge in [-0.1, -0.05) is 66.2 Å². The van der Waals surface area contributed by atoms with Gasteiger partial charge in [0.15, 0.2) is 0 Å². The van der Waals surface area contributed by atoms with Crippen LogP contribution in [0.1, 0.15) is 83.5 Å². The van der Waals surface area contributed by atoms with Crippen LogP contribution in [0.25, 0.3) is 22.3 Å². The SMILES string of the molecule is CNc1cncc(COc2cc(OCc3cccc(-c4cccc(-c5ccc6c(c5)CCC6N5CC[C@H](CC(=O)O)C5)c4C)c3C)c(Cl)cc2CN[C@@H]2CCC[C@@H]2O)c1. The molecule has 0 bridgehead atoms. The highest BCUT2D eigenvalue weighted by Gasteiger charge is 2.34. The average molecular weight is 815 g/mol. The molecule has 4 N–H and O–H groups in total. The maximum Gasteiger partial charge on any atom is 0.303 e. The molecule has 2 fully saturated rings. The fourth-order valence-electron chi connectivity index (χ4n) is 9.47. The van der Waals surface area contributed by atoms with E-state index in [-0.39, 0.29) is 24.5 Å². The molecular formula is C49H55ClN4O5. The lowest BCUT2D eigenvalue weighted by Crippen LogP contribution is -2.35. The quantitative estimate of drug-likeness (QED) is 0.0820. The second kappa shape index (κ2) is 18.1. The van der Waals surface area contributed by atoms with Crippen molar-refractivity contribution in [3.05, 3.63) is 129 Å². The summed E-state index contributed by atoms with van der Waals surface area (Å²) in [7, 11) is 1.87. The Labute approximate surface area is 352 Å². The van der Waals surface area contributed by atoms with Crippen molar-refractivity contribution in [1.82, 2.24) is 15.2 Å². The number of hydrogen-bond acceptors (Lipinski definition) is 8. The number of carboxylic acids is 1. The number of benzene rings is 4. The van der Waals surface area contributed by atoms with E-state index in [4.69, 9.17) is 21.1 Å². The molecule has 1 saturated heterocycles. The molecule has 2 aliphatic carbocycles. The van der Waals surface area contributed by atoms with Crippen molar-refractivity contribution in [2.45, 2.75) is 96.7 Å². The molecule has 1 unspecified atom stereocenters. The summed E-state index contributed by atoms with van der Waals surface area (Å²) < 4.78 is 12.9. The molecule has 4 aromatic carbocycles. The molecule has 59 heavy (non-hydrogen) atoms. The van der Waals surface area contributed by atoms with Crippen molar-refractivity contribution < 1.29 is 24.5 Å². The van der Waals surface area contributed by atoms with Gasteiger partial charge in [-0.15, -0.1) is 0 Å². The molecule has 1 saturated carbocycles. The van der Waals surface area contributed by atoms with Gasteiger partial charge in [-0.2, -0.15) is 0 Å². The number of fused-ring (bicyclic) bond motifs is 1. The number of likely N-dealkylation sites (tertiary alicyclic amines) is 1. The minimum atomic E-state index is -0.695. The third-order valence-electron chi connectivity index (χ3n) is 12.8. The molecule has 10 heteroatoms. The van der Waals surface area contributed by atoms with E-state index < -0.39 is 5.97 Å². The number of hydrogen-bond donors (Lipinski definition) is 4. The van der Waals surface area contributed by atoms with Crippen LogP contribution in [0.15, 0.2) is 85.2 Å². The van der Waals surface area contributed by atoms with Crippen LogP contribution in [-0.2, 0) is 31.0 Å². The number of nitrogens with zero attached hydrogens (tertiary/aromatic N) is 2. The summed E-state index contributed by atoms with van der Waals surface area (Å²) in [6, 6.07) is 26.1. The Kier molecular flexibility index (Phi) is 12.6. The predicted molar refractivity (Wildman–Crippen MR) is 234 cm³/mol. The number of carbonyl (C=O) groups is 1. The average Bonchev–Trinajstić information content (AvgIpc) is 3.99. The number of aliphatic carboxylic acids is 1. The van der Waals surface area contributed by atoms with Crippen LogP contribution in [0.3, 0.4) is 0 Å². The molecule has 2 heterocycles. The van der Waals surface area contributed by atoms with E-state index in [9.17, 15) is 15.0 Å². The van der Waals surface area contributed by atoms with Crippen molar-refractivity contribution in [3.63, 3.8) is 0 Å². The number of ether oxygens (including phenoxy) is 2. The number of pyridine rings is 1. The summed E-state index contributed by atoms with van der Waals surface area (Å²) in [6.45, 7) is 7.37. The fourth-order valence-corrected chi connectivity index (χ4v) is 9.71. The van der Waals surface area contributed by atoms with Crippen LogP contribution in [0, 0.1) is 19.8 Å². The number of rotatable bonds is 15. The predicted octanol–water partition coefficient (Wildman–Crippen LogP) is 9.67. The van der Waals surface area contributed by atoms with Gasteiger partial charge in [-0.3, -0.25) is 14.7 Å². The topological polar surface area (TPSA) is 116 Å². The van der Waals surface area contributed by atoms with Gasteiger partial charge in [-0.25, -0.2) is 0 Å². The van der Waals surface area contributed by atoms with Crippen LogP contribution < -0.4 is 20.1 Å². The zero-order valence-corrected chi connectivity index (χ0v) is 35.0. The number of carboxylic acid groups (broad SMARTS) is 1. The van der Waals surface area contributed by atoms with E-state index in [0.717, 1.165) is 79.6 Å². The maximum absolute atomic E-state index is 11.3. The van der Waals surface area contributed by atoms with E-state index in [1.807, 2.05) is 25.2 Å². The molecule has 1 aromatic heterocycles. The van der Waals surface area contributed by atoms with Gasteiger partial charge in [0.2, 0.25) is 0 Å². The largest absolute Gasteiger partial charge is 0.488 e. The minimum absolute atomic E-state index is 0.0392. The first kappa shape index (κ1) is 40.8. The lowest BCUT2D eigenvalue weighted by Gasteiger charge is -2.25. The first-order chi connectivity index (χ1) is 28.6. The zero-order chi connectivity index (χ0) is 41.0. The highest BCUT2D eigenvalue weighted by Crippen LogP contribution is 2.42. The number of nitrogens with one attached hydrogen (secondary N) is 2. The van der Waals surface area contributed by atoms with Crippen molar-refractivity contribution in [1.29, 1.82) is 0 Å². The third kappa shape index (κ3) is 9.14. The van der Waals surface area contributed by atoms with Crippen LogP contribution in [0.2, 0.25) is 5.02 Å². The third-order valence-corrected chi connectivity index (χ3v) is 13.1. The van der Waals surface area contributed by atoms with Crippen LogP contribution in [0.4, 0.5) is 5.69 Å². The molecule has 3 aliphatic rings. The van der Waals surface area contributed by atoms with Gasteiger partial charge >= 0.3 is 5.97 Å². The molecule has 1 aliphatic heterocycles. The van der Waals surface area contributed by atoms with Crippen molar-refractivity contribution in [2.24, 2.45) is 5.92 Å². The van der Waals surface area contributed by atoms with E-state index in [2.05, 4.69) is 89.0 Å². The molecule has 0 spiro atoms. The van der Waals surface area contributed by atoms with Gasteiger partial charge in [0.05, 0.1) is 16.8 Å². The van der Waals surface area contributed by atoms with Crippen LogP contribution >= 0.6 is 11.6 Å². The molecule has 8 rings (SSSR count). The van der Waals surface area contributed by atoms with Gasteiger partial charge in [0, 0.05) is 68.2 Å². The summed E-state index contributed by atoms with van der Waals surface area (Å²) in [5.74, 6) is 0.757. The second-order valence-electron chi connectivity index (χ2n) is 16.6.